The Kier molecular flexibility index (Phi) is 3.20. The van der Waals surface area contributed by atoms with E-state index in [4.69, 9.17) is 10.7 Å². The summed E-state index contributed by atoms with van der Waals surface area (Å²) in [6, 6.07) is 14.4. The molecule has 4 heteroatoms. The number of aromatic nitrogens is 2. The first-order valence-electron chi connectivity index (χ1n) is 7.52. The number of aryl methyl sites for hydroxylation is 2. The number of imidazole rings is 1. The Morgan fingerprint density at radius 2 is 1.87 bits per heavy atom. The van der Waals surface area contributed by atoms with Gasteiger partial charge in [-0.3, -0.25) is 4.40 Å². The molecular weight excluding hydrogens is 302 g/mol. The minimum absolute atomic E-state index is 0.774. The number of nitrogens with two attached hydrogens (primary N) is 1. The molecule has 0 aliphatic carbocycles. The van der Waals surface area contributed by atoms with E-state index >= 15 is 0 Å². The van der Waals surface area contributed by atoms with Crippen molar-refractivity contribution < 1.29 is 0 Å². The van der Waals surface area contributed by atoms with Crippen LogP contribution >= 0.6 is 11.3 Å². The lowest BCUT2D eigenvalue weighted by molar-refractivity contribution is 1.24. The maximum Gasteiger partial charge on any atom is 0.194 e. The lowest BCUT2D eigenvalue weighted by Gasteiger charge is -2.03. The van der Waals surface area contributed by atoms with Crippen LogP contribution in [0.3, 0.4) is 0 Å². The molecule has 0 aliphatic rings. The van der Waals surface area contributed by atoms with Gasteiger partial charge in [0.1, 0.15) is 0 Å². The Bertz CT molecular complexity index is 1010. The van der Waals surface area contributed by atoms with Crippen molar-refractivity contribution in [2.45, 2.75) is 13.8 Å². The summed E-state index contributed by atoms with van der Waals surface area (Å²) in [5.41, 5.74) is 13.7. The summed E-state index contributed by atoms with van der Waals surface area (Å²) in [4.78, 5) is 5.77. The molecule has 0 spiro atoms. The van der Waals surface area contributed by atoms with Crippen molar-refractivity contribution >= 4 is 22.0 Å². The van der Waals surface area contributed by atoms with Gasteiger partial charge in [0.2, 0.25) is 0 Å². The number of thiazole rings is 1. The van der Waals surface area contributed by atoms with Gasteiger partial charge in [-0.1, -0.05) is 24.3 Å². The van der Waals surface area contributed by atoms with Gasteiger partial charge in [-0.25, -0.2) is 4.98 Å². The second-order valence-electron chi connectivity index (χ2n) is 5.82. The van der Waals surface area contributed by atoms with Gasteiger partial charge >= 0.3 is 0 Å². The first kappa shape index (κ1) is 14.0. The third-order valence-electron chi connectivity index (χ3n) is 4.19. The highest BCUT2D eigenvalue weighted by molar-refractivity contribution is 7.15. The zero-order valence-electron chi connectivity index (χ0n) is 13.1. The van der Waals surface area contributed by atoms with Gasteiger partial charge in [-0.15, -0.1) is 11.3 Å². The molecule has 4 rings (SSSR count). The van der Waals surface area contributed by atoms with E-state index in [1.165, 1.54) is 11.1 Å². The smallest absolute Gasteiger partial charge is 0.194 e. The number of anilines is 1. The molecule has 2 aromatic carbocycles. The minimum Gasteiger partial charge on any atom is -0.399 e. The van der Waals surface area contributed by atoms with Crippen molar-refractivity contribution in [2.75, 3.05) is 5.73 Å². The van der Waals surface area contributed by atoms with Gasteiger partial charge in [0.15, 0.2) is 4.96 Å². The molecular formula is C19H17N3S. The van der Waals surface area contributed by atoms with E-state index in [0.29, 0.717) is 0 Å². The number of hydrogen-bond donors (Lipinski definition) is 1. The van der Waals surface area contributed by atoms with Crippen molar-refractivity contribution in [2.24, 2.45) is 0 Å². The predicted octanol–water partition coefficient (Wildman–Crippen LogP) is 4.93. The molecule has 0 amide bonds. The summed E-state index contributed by atoms with van der Waals surface area (Å²) in [7, 11) is 0. The molecule has 23 heavy (non-hydrogen) atoms. The van der Waals surface area contributed by atoms with E-state index in [1.807, 2.05) is 18.2 Å². The van der Waals surface area contributed by atoms with Crippen LogP contribution in [0.2, 0.25) is 0 Å². The molecule has 2 N–H and O–H groups in total. The van der Waals surface area contributed by atoms with Crippen molar-refractivity contribution in [1.29, 1.82) is 0 Å². The number of benzene rings is 2. The molecule has 0 aliphatic heterocycles. The largest absolute Gasteiger partial charge is 0.399 e. The third-order valence-corrected chi connectivity index (χ3v) is 5.03. The fourth-order valence-electron chi connectivity index (χ4n) is 2.73. The zero-order valence-corrected chi connectivity index (χ0v) is 13.9. The van der Waals surface area contributed by atoms with Crippen LogP contribution in [0.25, 0.3) is 27.5 Å². The third kappa shape index (κ3) is 2.41. The summed E-state index contributed by atoms with van der Waals surface area (Å²) in [6.45, 7) is 4.26. The van der Waals surface area contributed by atoms with Gasteiger partial charge < -0.3 is 5.73 Å². The number of rotatable bonds is 2. The summed E-state index contributed by atoms with van der Waals surface area (Å²) in [5, 5.41) is 2.13. The first-order chi connectivity index (χ1) is 11.1. The average molecular weight is 319 g/mol. The van der Waals surface area contributed by atoms with E-state index in [-0.39, 0.29) is 0 Å². The monoisotopic (exact) mass is 319 g/mol. The fourth-order valence-corrected chi connectivity index (χ4v) is 3.61. The van der Waals surface area contributed by atoms with Crippen LogP contribution in [0.5, 0.6) is 0 Å². The number of nitrogen functional groups attached to an aromatic ring is 1. The van der Waals surface area contributed by atoms with E-state index in [9.17, 15) is 0 Å². The van der Waals surface area contributed by atoms with Gasteiger partial charge in [0.25, 0.3) is 0 Å². The van der Waals surface area contributed by atoms with E-state index in [2.05, 4.69) is 54.1 Å². The van der Waals surface area contributed by atoms with Crippen LogP contribution < -0.4 is 5.73 Å². The molecule has 2 aromatic heterocycles. The second-order valence-corrected chi connectivity index (χ2v) is 6.66. The molecule has 0 radical (unpaired) electrons. The fraction of sp³-hybridized carbons (Fsp3) is 0.105. The molecule has 114 valence electrons. The van der Waals surface area contributed by atoms with Gasteiger partial charge in [-0.2, -0.15) is 0 Å². The van der Waals surface area contributed by atoms with Crippen molar-refractivity contribution in [1.82, 2.24) is 9.38 Å². The standard InChI is InChI=1S/C19H17N3S/c1-12-6-7-14(8-13(12)2)17-10-22-18(11-23-19(22)21-17)15-4-3-5-16(20)9-15/h3-11H,20H2,1-2H3. The summed E-state index contributed by atoms with van der Waals surface area (Å²) in [5.74, 6) is 0. The highest BCUT2D eigenvalue weighted by Crippen LogP contribution is 2.30. The molecule has 2 heterocycles. The average Bonchev–Trinajstić information content (AvgIpc) is 3.10. The lowest BCUT2D eigenvalue weighted by Crippen LogP contribution is -1.87. The normalized spacial score (nSPS) is 11.2. The van der Waals surface area contributed by atoms with Gasteiger partial charge in [0.05, 0.1) is 11.4 Å². The van der Waals surface area contributed by atoms with Crippen LogP contribution in [-0.4, -0.2) is 9.38 Å². The van der Waals surface area contributed by atoms with Crippen molar-refractivity contribution in [3.05, 3.63) is 65.2 Å². The Labute approximate surface area is 139 Å². The van der Waals surface area contributed by atoms with E-state index in [1.54, 1.807) is 11.3 Å². The molecule has 0 bridgehead atoms. The second kappa shape index (κ2) is 5.25. The lowest BCUT2D eigenvalue weighted by atomic mass is 10.0. The quantitative estimate of drug-likeness (QED) is 0.532. The molecule has 3 nitrogen and oxygen atoms in total. The SMILES string of the molecule is Cc1ccc(-c2cn3c(-c4cccc(N)c4)csc3n2)cc1C. The van der Waals surface area contributed by atoms with Crippen molar-refractivity contribution in [3.8, 4) is 22.5 Å². The Morgan fingerprint density at radius 3 is 2.65 bits per heavy atom. The molecule has 0 saturated carbocycles. The highest BCUT2D eigenvalue weighted by Gasteiger charge is 2.11. The Morgan fingerprint density at radius 1 is 1.00 bits per heavy atom. The molecule has 0 fully saturated rings. The Hall–Kier alpha value is -2.59. The summed E-state index contributed by atoms with van der Waals surface area (Å²) in [6.07, 6.45) is 2.11. The number of hydrogen-bond acceptors (Lipinski definition) is 3. The van der Waals surface area contributed by atoms with E-state index in [0.717, 1.165) is 33.2 Å². The maximum absolute atomic E-state index is 5.91. The van der Waals surface area contributed by atoms with E-state index < -0.39 is 0 Å². The van der Waals surface area contributed by atoms with Crippen molar-refractivity contribution in [3.63, 3.8) is 0 Å². The maximum atomic E-state index is 5.91. The molecule has 0 saturated heterocycles. The van der Waals surface area contributed by atoms with Crippen LogP contribution in [0.15, 0.2) is 54.0 Å². The first-order valence-corrected chi connectivity index (χ1v) is 8.40. The van der Waals surface area contributed by atoms with Crippen LogP contribution in [0, 0.1) is 13.8 Å². The van der Waals surface area contributed by atoms with Crippen LogP contribution in [0.4, 0.5) is 5.69 Å². The number of nitrogens with zero attached hydrogens (tertiary/aromatic N) is 2. The summed E-state index contributed by atoms with van der Waals surface area (Å²) < 4.78 is 2.14. The number of fused-ring (bicyclic) bond motifs is 1. The molecule has 4 aromatic rings. The van der Waals surface area contributed by atoms with Gasteiger partial charge in [-0.05, 0) is 43.2 Å². The zero-order chi connectivity index (χ0) is 16.0. The van der Waals surface area contributed by atoms with Crippen LogP contribution in [0.1, 0.15) is 11.1 Å². The highest BCUT2D eigenvalue weighted by atomic mass is 32.1. The molecule has 0 unspecified atom stereocenters. The Balaban J connectivity index is 1.84. The minimum atomic E-state index is 0.774. The summed E-state index contributed by atoms with van der Waals surface area (Å²) >= 11 is 1.65. The van der Waals surface area contributed by atoms with Gasteiger partial charge in [0, 0.05) is 28.4 Å². The predicted molar refractivity (Wildman–Crippen MR) is 97.8 cm³/mol. The van der Waals surface area contributed by atoms with Crippen LogP contribution in [-0.2, 0) is 0 Å². The topological polar surface area (TPSA) is 43.3 Å². The molecule has 0 atom stereocenters.